The van der Waals surface area contributed by atoms with Crippen molar-refractivity contribution in [2.45, 2.75) is 26.6 Å². The van der Waals surface area contributed by atoms with Crippen molar-refractivity contribution in [3.8, 4) is 0 Å². The van der Waals surface area contributed by atoms with Crippen LogP contribution in [0.15, 0.2) is 24.3 Å². The van der Waals surface area contributed by atoms with Crippen molar-refractivity contribution < 1.29 is 9.84 Å². The van der Waals surface area contributed by atoms with Gasteiger partial charge < -0.3 is 9.84 Å². The van der Waals surface area contributed by atoms with Gasteiger partial charge in [0.05, 0.1) is 12.7 Å². The van der Waals surface area contributed by atoms with E-state index in [1.165, 1.54) is 0 Å². The third-order valence-electron chi connectivity index (χ3n) is 1.93. The molecule has 1 atom stereocenters. The summed E-state index contributed by atoms with van der Waals surface area (Å²) in [7, 11) is 0. The lowest BCUT2D eigenvalue weighted by Crippen LogP contribution is -1.94. The molecule has 0 amide bonds. The summed E-state index contributed by atoms with van der Waals surface area (Å²) in [5.41, 5.74) is 2.09. The van der Waals surface area contributed by atoms with Crippen LogP contribution < -0.4 is 0 Å². The second-order valence-electron chi connectivity index (χ2n) is 3.05. The number of aliphatic hydroxyl groups is 1. The van der Waals surface area contributed by atoms with Crippen LogP contribution in [0.5, 0.6) is 0 Å². The molecule has 2 nitrogen and oxygen atoms in total. The van der Waals surface area contributed by atoms with Crippen molar-refractivity contribution in [3.63, 3.8) is 0 Å². The molecule has 0 saturated carbocycles. The Labute approximate surface area is 79.2 Å². The van der Waals surface area contributed by atoms with E-state index in [2.05, 4.69) is 0 Å². The standard InChI is InChI=1S/C11H16O2/c1-3-13-8-10-4-6-11(7-5-10)9(2)12/h4-7,9,12H,3,8H2,1-2H3. The first-order chi connectivity index (χ1) is 6.24. The Morgan fingerprint density at radius 3 is 2.38 bits per heavy atom. The van der Waals surface area contributed by atoms with Gasteiger partial charge in [-0.25, -0.2) is 0 Å². The molecule has 1 rings (SSSR count). The van der Waals surface area contributed by atoms with Crippen molar-refractivity contribution in [1.29, 1.82) is 0 Å². The zero-order valence-corrected chi connectivity index (χ0v) is 8.16. The smallest absolute Gasteiger partial charge is 0.0761 e. The molecule has 2 heteroatoms. The van der Waals surface area contributed by atoms with E-state index in [-0.39, 0.29) is 6.10 Å². The van der Waals surface area contributed by atoms with E-state index < -0.39 is 0 Å². The van der Waals surface area contributed by atoms with Crippen LogP contribution in [0.2, 0.25) is 0 Å². The van der Waals surface area contributed by atoms with Gasteiger partial charge >= 0.3 is 0 Å². The molecule has 0 spiro atoms. The predicted octanol–water partition coefficient (Wildman–Crippen LogP) is 2.28. The maximum Gasteiger partial charge on any atom is 0.0761 e. The summed E-state index contributed by atoms with van der Waals surface area (Å²) in [6.07, 6.45) is -0.388. The fourth-order valence-corrected chi connectivity index (χ4v) is 1.11. The van der Waals surface area contributed by atoms with Crippen molar-refractivity contribution in [2.75, 3.05) is 6.61 Å². The minimum atomic E-state index is -0.388. The molecule has 13 heavy (non-hydrogen) atoms. The van der Waals surface area contributed by atoms with Gasteiger partial charge in [-0.2, -0.15) is 0 Å². The summed E-state index contributed by atoms with van der Waals surface area (Å²) in [4.78, 5) is 0. The first-order valence-corrected chi connectivity index (χ1v) is 4.58. The lowest BCUT2D eigenvalue weighted by Gasteiger charge is -2.06. The number of benzene rings is 1. The van der Waals surface area contributed by atoms with Crippen LogP contribution in [0, 0.1) is 0 Å². The molecule has 1 aromatic rings. The van der Waals surface area contributed by atoms with Crippen molar-refractivity contribution in [2.24, 2.45) is 0 Å². The summed E-state index contributed by atoms with van der Waals surface area (Å²) in [5.74, 6) is 0. The molecule has 0 bridgehead atoms. The average Bonchev–Trinajstić information content (AvgIpc) is 2.15. The fraction of sp³-hybridized carbons (Fsp3) is 0.455. The fourth-order valence-electron chi connectivity index (χ4n) is 1.11. The van der Waals surface area contributed by atoms with Gasteiger partial charge in [-0.3, -0.25) is 0 Å². The maximum atomic E-state index is 9.26. The number of aliphatic hydroxyl groups excluding tert-OH is 1. The molecular formula is C11H16O2. The third-order valence-corrected chi connectivity index (χ3v) is 1.93. The van der Waals surface area contributed by atoms with E-state index >= 15 is 0 Å². The average molecular weight is 180 g/mol. The van der Waals surface area contributed by atoms with E-state index in [4.69, 9.17) is 4.74 Å². The number of ether oxygens (including phenoxy) is 1. The van der Waals surface area contributed by atoms with Crippen LogP contribution in [0.4, 0.5) is 0 Å². The molecule has 72 valence electrons. The van der Waals surface area contributed by atoms with Gasteiger partial charge in [0.25, 0.3) is 0 Å². The Balaban J connectivity index is 2.59. The summed E-state index contributed by atoms with van der Waals surface area (Å²) in [5, 5.41) is 9.26. The Morgan fingerprint density at radius 2 is 1.92 bits per heavy atom. The van der Waals surface area contributed by atoms with Crippen LogP contribution in [0.25, 0.3) is 0 Å². The molecule has 0 fully saturated rings. The summed E-state index contributed by atoms with van der Waals surface area (Å²) in [6.45, 7) is 5.12. The van der Waals surface area contributed by atoms with Crippen LogP contribution in [0.3, 0.4) is 0 Å². The minimum Gasteiger partial charge on any atom is -0.389 e. The van der Waals surface area contributed by atoms with E-state index in [9.17, 15) is 5.11 Å². The highest BCUT2D eigenvalue weighted by molar-refractivity contribution is 5.23. The van der Waals surface area contributed by atoms with Crippen molar-refractivity contribution in [1.82, 2.24) is 0 Å². The largest absolute Gasteiger partial charge is 0.389 e. The highest BCUT2D eigenvalue weighted by Gasteiger charge is 1.99. The van der Waals surface area contributed by atoms with E-state index in [0.29, 0.717) is 6.61 Å². The molecule has 0 aliphatic carbocycles. The van der Waals surface area contributed by atoms with E-state index in [1.54, 1.807) is 6.92 Å². The van der Waals surface area contributed by atoms with Gasteiger partial charge in [-0.15, -0.1) is 0 Å². The van der Waals surface area contributed by atoms with Gasteiger partial charge in [-0.05, 0) is 25.0 Å². The first-order valence-electron chi connectivity index (χ1n) is 4.58. The summed E-state index contributed by atoms with van der Waals surface area (Å²) >= 11 is 0. The Hall–Kier alpha value is -0.860. The zero-order chi connectivity index (χ0) is 9.68. The van der Waals surface area contributed by atoms with Crippen LogP contribution in [-0.2, 0) is 11.3 Å². The predicted molar refractivity (Wildman–Crippen MR) is 52.4 cm³/mol. The van der Waals surface area contributed by atoms with Crippen molar-refractivity contribution >= 4 is 0 Å². The molecule has 0 aliphatic heterocycles. The molecular weight excluding hydrogens is 164 g/mol. The van der Waals surface area contributed by atoms with Gasteiger partial charge in [0, 0.05) is 6.61 Å². The van der Waals surface area contributed by atoms with Crippen LogP contribution in [-0.4, -0.2) is 11.7 Å². The first kappa shape index (κ1) is 10.2. The lowest BCUT2D eigenvalue weighted by atomic mass is 10.1. The molecule has 0 heterocycles. The quantitative estimate of drug-likeness (QED) is 0.770. The topological polar surface area (TPSA) is 29.5 Å². The molecule has 1 unspecified atom stereocenters. The Bertz CT molecular complexity index is 239. The SMILES string of the molecule is CCOCc1ccc(C(C)O)cc1. The second kappa shape index (κ2) is 5.00. The van der Waals surface area contributed by atoms with Gasteiger partial charge in [0.2, 0.25) is 0 Å². The van der Waals surface area contributed by atoms with Gasteiger partial charge in [-0.1, -0.05) is 24.3 Å². The molecule has 0 radical (unpaired) electrons. The van der Waals surface area contributed by atoms with Crippen LogP contribution >= 0.6 is 0 Å². The van der Waals surface area contributed by atoms with E-state index in [1.807, 2.05) is 31.2 Å². The zero-order valence-electron chi connectivity index (χ0n) is 8.16. The van der Waals surface area contributed by atoms with Crippen molar-refractivity contribution in [3.05, 3.63) is 35.4 Å². The number of hydrogen-bond acceptors (Lipinski definition) is 2. The summed E-state index contributed by atoms with van der Waals surface area (Å²) < 4.78 is 5.26. The number of rotatable bonds is 4. The van der Waals surface area contributed by atoms with E-state index in [0.717, 1.165) is 17.7 Å². The van der Waals surface area contributed by atoms with Gasteiger partial charge in [0.1, 0.15) is 0 Å². The second-order valence-corrected chi connectivity index (χ2v) is 3.05. The highest BCUT2D eigenvalue weighted by Crippen LogP contribution is 2.12. The monoisotopic (exact) mass is 180 g/mol. The molecule has 0 aliphatic rings. The Morgan fingerprint density at radius 1 is 1.31 bits per heavy atom. The minimum absolute atomic E-state index is 0.388. The molecule has 0 saturated heterocycles. The molecule has 0 aromatic heterocycles. The highest BCUT2D eigenvalue weighted by atomic mass is 16.5. The normalized spacial score (nSPS) is 12.8. The lowest BCUT2D eigenvalue weighted by molar-refractivity contribution is 0.134. The van der Waals surface area contributed by atoms with Crippen LogP contribution in [0.1, 0.15) is 31.1 Å². The molecule has 1 N–H and O–H groups in total. The van der Waals surface area contributed by atoms with Gasteiger partial charge in [0.15, 0.2) is 0 Å². The third kappa shape index (κ3) is 3.17. The maximum absolute atomic E-state index is 9.26. The summed E-state index contributed by atoms with van der Waals surface area (Å²) in [6, 6.07) is 7.83. The Kier molecular flexibility index (Phi) is 3.93. The molecule has 1 aromatic carbocycles. The number of hydrogen-bond donors (Lipinski definition) is 1.